The maximum Gasteiger partial charge on any atom is 0.356 e. The topological polar surface area (TPSA) is 76.5 Å². The standard InChI is InChI=1S/C11H13NO4S/c1-6(13)9-8(11(14)15)12-10(17-9)7-2-4-16-5-3-7/h7H,2-5H2,1H3,(H,14,15). The van der Waals surface area contributed by atoms with Crippen molar-refractivity contribution in [1.82, 2.24) is 4.98 Å². The molecule has 0 spiro atoms. The zero-order valence-electron chi connectivity index (χ0n) is 9.43. The first-order chi connectivity index (χ1) is 8.09. The van der Waals surface area contributed by atoms with Gasteiger partial charge in [-0.25, -0.2) is 9.78 Å². The molecular formula is C11H13NO4S. The fourth-order valence-electron chi connectivity index (χ4n) is 1.84. The van der Waals surface area contributed by atoms with E-state index in [-0.39, 0.29) is 22.3 Å². The van der Waals surface area contributed by atoms with Gasteiger partial charge in [0.05, 0.1) is 5.01 Å². The summed E-state index contributed by atoms with van der Waals surface area (Å²) in [6.07, 6.45) is 1.67. The molecular weight excluding hydrogens is 242 g/mol. The molecule has 1 aromatic heterocycles. The highest BCUT2D eigenvalue weighted by molar-refractivity contribution is 7.14. The molecule has 2 heterocycles. The minimum Gasteiger partial charge on any atom is -0.476 e. The molecule has 0 bridgehead atoms. The third-order valence-electron chi connectivity index (χ3n) is 2.74. The Bertz CT molecular complexity index is 417. The van der Waals surface area contributed by atoms with E-state index >= 15 is 0 Å². The number of Topliss-reactive ketones (excluding diaryl/α,β-unsaturated/α-hetero) is 1. The second-order valence-electron chi connectivity index (χ2n) is 3.98. The molecule has 2 rings (SSSR count). The summed E-state index contributed by atoms with van der Waals surface area (Å²) in [6, 6.07) is 0. The number of thiazole rings is 1. The molecule has 0 unspecified atom stereocenters. The van der Waals surface area contributed by atoms with E-state index in [1.54, 1.807) is 0 Å². The number of rotatable bonds is 3. The van der Waals surface area contributed by atoms with Crippen molar-refractivity contribution >= 4 is 23.1 Å². The predicted octanol–water partition coefficient (Wildman–Crippen LogP) is 1.94. The van der Waals surface area contributed by atoms with E-state index in [9.17, 15) is 9.59 Å². The van der Waals surface area contributed by atoms with Crippen LogP contribution in [0.15, 0.2) is 0 Å². The number of ether oxygens (including phenoxy) is 1. The quantitative estimate of drug-likeness (QED) is 0.835. The molecule has 1 aromatic rings. The van der Waals surface area contributed by atoms with Gasteiger partial charge in [-0.2, -0.15) is 0 Å². The average molecular weight is 255 g/mol. The first-order valence-corrected chi connectivity index (χ1v) is 6.24. The maximum absolute atomic E-state index is 11.3. The second kappa shape index (κ2) is 4.93. The van der Waals surface area contributed by atoms with Crippen LogP contribution in [0.3, 0.4) is 0 Å². The minimum absolute atomic E-state index is 0.107. The van der Waals surface area contributed by atoms with Crippen molar-refractivity contribution in [2.75, 3.05) is 13.2 Å². The van der Waals surface area contributed by atoms with Gasteiger partial charge >= 0.3 is 5.97 Å². The van der Waals surface area contributed by atoms with Crippen molar-refractivity contribution < 1.29 is 19.4 Å². The Morgan fingerprint density at radius 3 is 2.53 bits per heavy atom. The van der Waals surface area contributed by atoms with Crippen molar-refractivity contribution in [2.45, 2.75) is 25.7 Å². The van der Waals surface area contributed by atoms with Gasteiger partial charge < -0.3 is 9.84 Å². The summed E-state index contributed by atoms with van der Waals surface area (Å²) in [6.45, 7) is 2.71. The molecule has 5 nitrogen and oxygen atoms in total. The van der Waals surface area contributed by atoms with Crippen molar-refractivity contribution in [3.8, 4) is 0 Å². The van der Waals surface area contributed by atoms with Crippen LogP contribution in [0.5, 0.6) is 0 Å². The number of aromatic carboxylic acids is 1. The average Bonchev–Trinajstić information content (AvgIpc) is 2.75. The molecule has 17 heavy (non-hydrogen) atoms. The molecule has 1 fully saturated rings. The number of aromatic nitrogens is 1. The molecule has 92 valence electrons. The van der Waals surface area contributed by atoms with Gasteiger partial charge in [-0.15, -0.1) is 11.3 Å². The molecule has 0 amide bonds. The lowest BCUT2D eigenvalue weighted by Crippen LogP contribution is -2.14. The largest absolute Gasteiger partial charge is 0.476 e. The van der Waals surface area contributed by atoms with Crippen molar-refractivity contribution in [3.63, 3.8) is 0 Å². The predicted molar refractivity (Wildman–Crippen MR) is 61.9 cm³/mol. The zero-order valence-corrected chi connectivity index (χ0v) is 10.2. The van der Waals surface area contributed by atoms with Gasteiger partial charge in [0.2, 0.25) is 0 Å². The van der Waals surface area contributed by atoms with Crippen LogP contribution >= 0.6 is 11.3 Å². The highest BCUT2D eigenvalue weighted by atomic mass is 32.1. The number of hydrogen-bond acceptors (Lipinski definition) is 5. The van der Waals surface area contributed by atoms with Gasteiger partial charge in [0, 0.05) is 26.1 Å². The molecule has 0 aliphatic carbocycles. The van der Waals surface area contributed by atoms with E-state index in [0.29, 0.717) is 13.2 Å². The van der Waals surface area contributed by atoms with Gasteiger partial charge in [-0.1, -0.05) is 0 Å². The summed E-state index contributed by atoms with van der Waals surface area (Å²) in [4.78, 5) is 26.7. The molecule has 6 heteroatoms. The fourth-order valence-corrected chi connectivity index (χ4v) is 2.96. The van der Waals surface area contributed by atoms with E-state index in [2.05, 4.69) is 4.98 Å². The summed E-state index contributed by atoms with van der Waals surface area (Å²) in [7, 11) is 0. The molecule has 1 aliphatic rings. The number of carbonyl (C=O) groups is 2. The molecule has 1 saturated heterocycles. The Morgan fingerprint density at radius 1 is 1.41 bits per heavy atom. The number of hydrogen-bond donors (Lipinski definition) is 1. The van der Waals surface area contributed by atoms with Crippen LogP contribution in [0, 0.1) is 0 Å². The Hall–Kier alpha value is -1.27. The Morgan fingerprint density at radius 2 is 2.06 bits per heavy atom. The molecule has 0 atom stereocenters. The third-order valence-corrected chi connectivity index (χ3v) is 4.06. The number of ketones is 1. The van der Waals surface area contributed by atoms with E-state index in [0.717, 1.165) is 17.8 Å². The van der Waals surface area contributed by atoms with E-state index in [1.165, 1.54) is 18.3 Å². The molecule has 1 aliphatic heterocycles. The zero-order chi connectivity index (χ0) is 12.4. The Balaban J connectivity index is 2.32. The number of carbonyl (C=O) groups excluding carboxylic acids is 1. The van der Waals surface area contributed by atoms with Crippen LogP contribution in [0.4, 0.5) is 0 Å². The highest BCUT2D eigenvalue weighted by Gasteiger charge is 2.25. The van der Waals surface area contributed by atoms with Crippen LogP contribution in [0.1, 0.15) is 50.9 Å². The Kier molecular flexibility index (Phi) is 3.54. The lowest BCUT2D eigenvalue weighted by Gasteiger charge is -2.19. The highest BCUT2D eigenvalue weighted by Crippen LogP contribution is 2.32. The van der Waals surface area contributed by atoms with Gasteiger partial charge in [-0.05, 0) is 12.8 Å². The van der Waals surface area contributed by atoms with Gasteiger partial charge in [0.25, 0.3) is 0 Å². The van der Waals surface area contributed by atoms with Crippen molar-refractivity contribution in [2.24, 2.45) is 0 Å². The van der Waals surface area contributed by atoms with Crippen LogP contribution in [-0.2, 0) is 4.74 Å². The van der Waals surface area contributed by atoms with Crippen LogP contribution in [0.2, 0.25) is 0 Å². The first kappa shape index (κ1) is 12.2. The lowest BCUT2D eigenvalue weighted by atomic mass is 10.0. The first-order valence-electron chi connectivity index (χ1n) is 5.42. The third kappa shape index (κ3) is 2.53. The summed E-state index contributed by atoms with van der Waals surface area (Å²) in [5, 5.41) is 9.74. The normalized spacial score (nSPS) is 17.0. The fraction of sp³-hybridized carbons (Fsp3) is 0.545. The monoisotopic (exact) mass is 255 g/mol. The van der Waals surface area contributed by atoms with Gasteiger partial charge in [0.1, 0.15) is 4.88 Å². The van der Waals surface area contributed by atoms with Gasteiger partial charge in [-0.3, -0.25) is 4.79 Å². The van der Waals surface area contributed by atoms with Crippen LogP contribution in [0.25, 0.3) is 0 Å². The number of carboxylic acids is 1. The van der Waals surface area contributed by atoms with Crippen molar-refractivity contribution in [3.05, 3.63) is 15.6 Å². The summed E-state index contributed by atoms with van der Waals surface area (Å²) < 4.78 is 5.25. The molecule has 0 radical (unpaired) electrons. The van der Waals surface area contributed by atoms with E-state index in [4.69, 9.17) is 9.84 Å². The van der Waals surface area contributed by atoms with E-state index in [1.807, 2.05) is 0 Å². The SMILES string of the molecule is CC(=O)c1sc(C2CCOCC2)nc1C(=O)O. The molecule has 1 N–H and O–H groups in total. The minimum atomic E-state index is -1.13. The molecule has 0 aromatic carbocycles. The number of nitrogens with zero attached hydrogens (tertiary/aromatic N) is 1. The van der Waals surface area contributed by atoms with Gasteiger partial charge in [0.15, 0.2) is 11.5 Å². The summed E-state index contributed by atoms with van der Waals surface area (Å²) >= 11 is 1.21. The smallest absolute Gasteiger partial charge is 0.356 e. The van der Waals surface area contributed by atoms with E-state index < -0.39 is 5.97 Å². The molecule has 0 saturated carbocycles. The van der Waals surface area contributed by atoms with Crippen molar-refractivity contribution in [1.29, 1.82) is 0 Å². The number of carboxylic acid groups (broad SMARTS) is 1. The maximum atomic E-state index is 11.3. The van der Waals surface area contributed by atoms with Crippen LogP contribution < -0.4 is 0 Å². The van der Waals surface area contributed by atoms with Crippen LogP contribution in [-0.4, -0.2) is 35.1 Å². The second-order valence-corrected chi connectivity index (χ2v) is 5.01. The summed E-state index contributed by atoms with van der Waals surface area (Å²) in [5.41, 5.74) is -0.107. The summed E-state index contributed by atoms with van der Waals surface area (Å²) in [5.74, 6) is -1.15. The Labute approximate surface area is 102 Å². The lowest BCUT2D eigenvalue weighted by molar-refractivity contribution is 0.0686.